The zero-order valence-electron chi connectivity index (χ0n) is 20.3. The number of hydrogen-bond acceptors (Lipinski definition) is 5. The third-order valence-corrected chi connectivity index (χ3v) is 7.87. The van der Waals surface area contributed by atoms with Crippen LogP contribution < -0.4 is 0 Å². The minimum atomic E-state index is -1.80. The number of nitrogens with zero attached hydrogens (tertiary/aromatic N) is 2. The van der Waals surface area contributed by atoms with Crippen molar-refractivity contribution in [2.75, 3.05) is 33.9 Å². The normalized spacial score (nSPS) is 22.1. The van der Waals surface area contributed by atoms with Crippen LogP contribution in [0.2, 0.25) is 58.9 Å². The van der Waals surface area contributed by atoms with Crippen molar-refractivity contribution in [3.63, 3.8) is 0 Å². The molecule has 0 aromatic rings. The predicted octanol–water partition coefficient (Wildman–Crippen LogP) is 3.67. The lowest BCUT2D eigenvalue weighted by Gasteiger charge is -2.45. The molecule has 0 N–H and O–H groups in total. The van der Waals surface area contributed by atoms with Crippen molar-refractivity contribution in [1.82, 2.24) is 9.80 Å². The van der Waals surface area contributed by atoms with E-state index >= 15 is 0 Å². The van der Waals surface area contributed by atoms with Gasteiger partial charge in [-0.15, -0.1) is 0 Å². The van der Waals surface area contributed by atoms with Crippen LogP contribution in [0.3, 0.4) is 0 Å². The molecule has 3 amide bonds. The van der Waals surface area contributed by atoms with Gasteiger partial charge in [0.25, 0.3) is 0 Å². The van der Waals surface area contributed by atoms with Gasteiger partial charge in [0.05, 0.1) is 18.6 Å². The third-order valence-electron chi connectivity index (χ3n) is 4.77. The topological polar surface area (TPSA) is 68.3 Å². The first kappa shape index (κ1) is 26.5. The fourth-order valence-corrected chi connectivity index (χ4v) is 5.24. The molecule has 0 aromatic heterocycles. The van der Waals surface area contributed by atoms with Crippen LogP contribution in [0.5, 0.6) is 0 Å². The Balaban J connectivity index is 3.22. The van der Waals surface area contributed by atoms with Crippen LogP contribution in [0.15, 0.2) is 0 Å². The average molecular weight is 463 g/mol. The van der Waals surface area contributed by atoms with E-state index in [0.29, 0.717) is 19.8 Å². The Kier molecular flexibility index (Phi) is 8.90. The SMILES string of the molecule is CN1C(=O)C(C(CO[Si](C)(C)C)CO[Si](C)(C)C)C(CO[Si](C)(C)C)N(C)C1=O. The molecule has 1 aliphatic heterocycles. The van der Waals surface area contributed by atoms with Crippen molar-refractivity contribution >= 4 is 36.9 Å². The first-order valence-electron chi connectivity index (χ1n) is 10.4. The average Bonchev–Trinajstić information content (AvgIpc) is 2.53. The summed E-state index contributed by atoms with van der Waals surface area (Å²) in [6.07, 6.45) is 0. The van der Waals surface area contributed by atoms with Crippen LogP contribution in [0.4, 0.5) is 4.79 Å². The molecule has 1 heterocycles. The molecular weight excluding hydrogens is 420 g/mol. The summed E-state index contributed by atoms with van der Waals surface area (Å²) in [4.78, 5) is 28.7. The maximum Gasteiger partial charge on any atom is 0.326 e. The number of carbonyl (C=O) groups excluding carboxylic acids is 2. The molecule has 0 aromatic carbocycles. The lowest BCUT2D eigenvalue weighted by atomic mass is 9.83. The lowest BCUT2D eigenvalue weighted by Crippen LogP contribution is -2.63. The van der Waals surface area contributed by atoms with Gasteiger partial charge in [0.2, 0.25) is 5.91 Å². The Labute approximate surface area is 180 Å². The summed E-state index contributed by atoms with van der Waals surface area (Å²) < 4.78 is 18.6. The number of amides is 3. The first-order valence-corrected chi connectivity index (χ1v) is 20.6. The predicted molar refractivity (Wildman–Crippen MR) is 125 cm³/mol. The van der Waals surface area contributed by atoms with Crippen molar-refractivity contribution in [2.24, 2.45) is 11.8 Å². The van der Waals surface area contributed by atoms with Gasteiger partial charge in [-0.25, -0.2) is 4.79 Å². The molecule has 0 saturated carbocycles. The molecule has 10 heteroatoms. The summed E-state index contributed by atoms with van der Waals surface area (Å²) in [7, 11) is -2.04. The Morgan fingerprint density at radius 2 is 1.21 bits per heavy atom. The minimum absolute atomic E-state index is 0.130. The van der Waals surface area contributed by atoms with Crippen molar-refractivity contribution < 1.29 is 22.9 Å². The zero-order chi connectivity index (χ0) is 22.8. The molecule has 2 unspecified atom stereocenters. The summed E-state index contributed by atoms with van der Waals surface area (Å²) in [5.74, 6) is -0.707. The molecule has 1 saturated heterocycles. The molecule has 2 atom stereocenters. The Morgan fingerprint density at radius 1 is 0.793 bits per heavy atom. The second-order valence-corrected chi connectivity index (χ2v) is 24.5. The smallest absolute Gasteiger partial charge is 0.326 e. The molecule has 0 spiro atoms. The molecule has 0 aliphatic carbocycles. The molecule has 0 bridgehead atoms. The highest BCUT2D eigenvalue weighted by Crippen LogP contribution is 2.30. The van der Waals surface area contributed by atoms with E-state index in [9.17, 15) is 9.59 Å². The van der Waals surface area contributed by atoms with E-state index in [-0.39, 0.29) is 23.9 Å². The van der Waals surface area contributed by atoms with Gasteiger partial charge < -0.3 is 18.2 Å². The van der Waals surface area contributed by atoms with Crippen LogP contribution in [0.25, 0.3) is 0 Å². The van der Waals surface area contributed by atoms with Crippen LogP contribution in [0.1, 0.15) is 0 Å². The molecule has 0 radical (unpaired) electrons. The third kappa shape index (κ3) is 8.62. The molecule has 1 aliphatic rings. The van der Waals surface area contributed by atoms with Gasteiger partial charge in [0.1, 0.15) is 0 Å². The first-order chi connectivity index (χ1) is 12.9. The second-order valence-electron chi connectivity index (χ2n) is 10.9. The fraction of sp³-hybridized carbons (Fsp3) is 0.895. The fourth-order valence-electron chi connectivity index (χ4n) is 3.14. The van der Waals surface area contributed by atoms with Crippen molar-refractivity contribution in [3.05, 3.63) is 0 Å². The minimum Gasteiger partial charge on any atom is -0.417 e. The van der Waals surface area contributed by atoms with Gasteiger partial charge in [-0.1, -0.05) is 0 Å². The van der Waals surface area contributed by atoms with Gasteiger partial charge in [-0.3, -0.25) is 9.69 Å². The van der Waals surface area contributed by atoms with Crippen LogP contribution in [-0.4, -0.2) is 86.6 Å². The number of urea groups is 1. The summed E-state index contributed by atoms with van der Waals surface area (Å²) in [6.45, 7) is 20.4. The van der Waals surface area contributed by atoms with Crippen LogP contribution in [0, 0.1) is 11.8 Å². The maximum absolute atomic E-state index is 13.3. The standard InChI is InChI=1S/C19H42N2O5Si3/c1-20-16(14-26-29(9,10)11)17(18(22)21(2)19(20)23)15(12-24-27(3,4)5)13-25-28(6,7)8/h15-17H,12-14H2,1-11H3. The molecule has 7 nitrogen and oxygen atoms in total. The summed E-state index contributed by atoms with van der Waals surface area (Å²) in [5, 5.41) is 0. The van der Waals surface area contributed by atoms with Gasteiger partial charge in [0.15, 0.2) is 25.0 Å². The van der Waals surface area contributed by atoms with E-state index in [1.165, 1.54) is 4.90 Å². The zero-order valence-corrected chi connectivity index (χ0v) is 23.3. The summed E-state index contributed by atoms with van der Waals surface area (Å²) >= 11 is 0. The number of likely N-dealkylation sites (N-methyl/N-ethyl adjacent to an activating group) is 1. The van der Waals surface area contributed by atoms with Crippen molar-refractivity contribution in [1.29, 1.82) is 0 Å². The van der Waals surface area contributed by atoms with E-state index in [2.05, 4.69) is 58.9 Å². The van der Waals surface area contributed by atoms with Crippen LogP contribution in [-0.2, 0) is 18.1 Å². The lowest BCUT2D eigenvalue weighted by molar-refractivity contribution is -0.142. The number of imide groups is 1. The summed E-state index contributed by atoms with van der Waals surface area (Å²) in [5.41, 5.74) is 0. The molecular formula is C19H42N2O5Si3. The Hall–Kier alpha value is -0.529. The van der Waals surface area contributed by atoms with E-state index in [1.54, 1.807) is 19.0 Å². The van der Waals surface area contributed by atoms with Gasteiger partial charge in [-0.05, 0) is 58.9 Å². The monoisotopic (exact) mass is 462 g/mol. The van der Waals surface area contributed by atoms with Gasteiger partial charge >= 0.3 is 6.03 Å². The van der Waals surface area contributed by atoms with Gasteiger partial charge in [-0.2, -0.15) is 0 Å². The maximum atomic E-state index is 13.3. The van der Waals surface area contributed by atoms with E-state index in [4.69, 9.17) is 13.3 Å². The van der Waals surface area contributed by atoms with E-state index in [0.717, 1.165) is 0 Å². The van der Waals surface area contributed by atoms with E-state index < -0.39 is 30.9 Å². The molecule has 1 rings (SSSR count). The Bertz CT molecular complexity index is 566. The molecule has 1 fully saturated rings. The number of rotatable bonds is 10. The Morgan fingerprint density at radius 3 is 1.59 bits per heavy atom. The molecule has 170 valence electrons. The highest BCUT2D eigenvalue weighted by Gasteiger charge is 2.47. The quantitative estimate of drug-likeness (QED) is 0.463. The van der Waals surface area contributed by atoms with E-state index in [1.807, 2.05) is 0 Å². The number of hydrogen-bond donors (Lipinski definition) is 0. The highest BCUT2D eigenvalue weighted by atomic mass is 28.4. The molecule has 29 heavy (non-hydrogen) atoms. The number of carbonyl (C=O) groups is 2. The van der Waals surface area contributed by atoms with Gasteiger partial charge in [0, 0.05) is 33.2 Å². The summed E-state index contributed by atoms with van der Waals surface area (Å²) in [6, 6.07) is -0.607. The van der Waals surface area contributed by atoms with Crippen molar-refractivity contribution in [2.45, 2.75) is 65.0 Å². The largest absolute Gasteiger partial charge is 0.417 e. The second kappa shape index (κ2) is 9.73. The van der Waals surface area contributed by atoms with Crippen LogP contribution >= 0.6 is 0 Å². The van der Waals surface area contributed by atoms with Crippen molar-refractivity contribution in [3.8, 4) is 0 Å². The highest BCUT2D eigenvalue weighted by molar-refractivity contribution is 6.70.